The number of amides is 1. The molecule has 1 aromatic heterocycles. The molecular formula is C23H23N3O3. The molecule has 0 spiro atoms. The van der Waals surface area contributed by atoms with Crippen molar-refractivity contribution in [2.75, 3.05) is 17.2 Å². The molecule has 29 heavy (non-hydrogen) atoms. The van der Waals surface area contributed by atoms with Crippen LogP contribution in [-0.2, 0) is 4.74 Å². The molecule has 0 aliphatic rings. The summed E-state index contributed by atoms with van der Waals surface area (Å²) in [4.78, 5) is 28.6. The normalized spacial score (nSPS) is 10.3. The Kier molecular flexibility index (Phi) is 6.24. The quantitative estimate of drug-likeness (QED) is 0.588. The van der Waals surface area contributed by atoms with Gasteiger partial charge in [0.05, 0.1) is 12.2 Å². The van der Waals surface area contributed by atoms with Crippen LogP contribution in [0.3, 0.4) is 0 Å². The highest BCUT2D eigenvalue weighted by molar-refractivity contribution is 6.04. The number of aromatic nitrogens is 1. The monoisotopic (exact) mass is 389 g/mol. The van der Waals surface area contributed by atoms with Crippen molar-refractivity contribution in [3.05, 3.63) is 83.2 Å². The second kappa shape index (κ2) is 9.01. The van der Waals surface area contributed by atoms with E-state index in [0.29, 0.717) is 17.9 Å². The van der Waals surface area contributed by atoms with Crippen molar-refractivity contribution in [1.29, 1.82) is 0 Å². The van der Waals surface area contributed by atoms with Gasteiger partial charge in [-0.1, -0.05) is 18.2 Å². The third-order valence-electron chi connectivity index (χ3n) is 4.40. The smallest absolute Gasteiger partial charge is 0.338 e. The number of ether oxygens (including phenoxy) is 1. The lowest BCUT2D eigenvalue weighted by Gasteiger charge is -2.12. The van der Waals surface area contributed by atoms with E-state index in [9.17, 15) is 9.59 Å². The number of nitrogens with zero attached hydrogens (tertiary/aromatic N) is 1. The number of aryl methyl sites for hydroxylation is 2. The second-order valence-electron chi connectivity index (χ2n) is 6.57. The van der Waals surface area contributed by atoms with Crippen molar-refractivity contribution in [2.45, 2.75) is 20.8 Å². The van der Waals surface area contributed by atoms with E-state index in [1.165, 1.54) is 0 Å². The molecule has 0 aliphatic carbocycles. The molecule has 0 saturated carbocycles. The zero-order valence-electron chi connectivity index (χ0n) is 16.7. The Labute approximate surface area is 169 Å². The van der Waals surface area contributed by atoms with Gasteiger partial charge in [-0.15, -0.1) is 0 Å². The molecule has 1 heterocycles. The van der Waals surface area contributed by atoms with Crippen LogP contribution in [0.4, 0.5) is 17.1 Å². The second-order valence-corrected chi connectivity index (χ2v) is 6.57. The fourth-order valence-corrected chi connectivity index (χ4v) is 2.89. The number of para-hydroxylation sites is 1. The minimum absolute atomic E-state index is 0.274. The number of benzene rings is 2. The lowest BCUT2D eigenvalue weighted by atomic mass is 10.1. The Bertz CT molecular complexity index is 1010. The molecular weight excluding hydrogens is 366 g/mol. The van der Waals surface area contributed by atoms with E-state index < -0.39 is 0 Å². The molecule has 3 aromatic rings. The highest BCUT2D eigenvalue weighted by Crippen LogP contribution is 2.21. The first-order valence-corrected chi connectivity index (χ1v) is 9.35. The van der Waals surface area contributed by atoms with Gasteiger partial charge in [0, 0.05) is 23.3 Å². The standard InChI is InChI=1S/C23H23N3O3/c1-4-29-23(28)17-8-10-18(11-9-17)25-19-12-13-24-20(14-19)22(27)26-21-15(2)6-5-7-16(21)3/h5-14H,4H2,1-3H3,(H,24,25)(H,26,27). The van der Waals surface area contributed by atoms with Crippen molar-refractivity contribution in [3.63, 3.8) is 0 Å². The molecule has 0 bridgehead atoms. The van der Waals surface area contributed by atoms with Gasteiger partial charge in [-0.3, -0.25) is 9.78 Å². The van der Waals surface area contributed by atoms with E-state index in [1.807, 2.05) is 32.0 Å². The van der Waals surface area contributed by atoms with E-state index in [-0.39, 0.29) is 11.9 Å². The third kappa shape index (κ3) is 4.99. The topological polar surface area (TPSA) is 80.3 Å². The molecule has 0 atom stereocenters. The zero-order chi connectivity index (χ0) is 20.8. The summed E-state index contributed by atoms with van der Waals surface area (Å²) in [6.07, 6.45) is 1.58. The Morgan fingerprint density at radius 1 is 0.966 bits per heavy atom. The van der Waals surface area contributed by atoms with Crippen LogP contribution in [0.1, 0.15) is 38.9 Å². The molecule has 0 saturated heterocycles. The van der Waals surface area contributed by atoms with Crippen molar-refractivity contribution >= 4 is 28.9 Å². The molecule has 0 radical (unpaired) electrons. The SMILES string of the molecule is CCOC(=O)c1ccc(Nc2ccnc(C(=O)Nc3c(C)cccc3C)c2)cc1. The van der Waals surface area contributed by atoms with Gasteiger partial charge in [0.2, 0.25) is 0 Å². The van der Waals surface area contributed by atoms with Crippen molar-refractivity contribution in [2.24, 2.45) is 0 Å². The number of nitrogens with one attached hydrogen (secondary N) is 2. The van der Waals surface area contributed by atoms with Gasteiger partial charge in [0.25, 0.3) is 5.91 Å². The fourth-order valence-electron chi connectivity index (χ4n) is 2.89. The summed E-state index contributed by atoms with van der Waals surface area (Å²) in [5.41, 5.74) is 5.08. The predicted molar refractivity (Wildman–Crippen MR) is 114 cm³/mol. The molecule has 0 aliphatic heterocycles. The average Bonchev–Trinajstić information content (AvgIpc) is 2.71. The molecule has 6 heteroatoms. The van der Waals surface area contributed by atoms with E-state index in [0.717, 1.165) is 28.2 Å². The number of pyridine rings is 1. The van der Waals surface area contributed by atoms with Gasteiger partial charge in [0.15, 0.2) is 0 Å². The Morgan fingerprint density at radius 2 is 1.66 bits per heavy atom. The fraction of sp³-hybridized carbons (Fsp3) is 0.174. The van der Waals surface area contributed by atoms with E-state index >= 15 is 0 Å². The molecule has 3 rings (SSSR count). The van der Waals surface area contributed by atoms with Crippen LogP contribution in [-0.4, -0.2) is 23.5 Å². The van der Waals surface area contributed by atoms with Crippen LogP contribution < -0.4 is 10.6 Å². The molecule has 148 valence electrons. The first-order chi connectivity index (χ1) is 14.0. The summed E-state index contributed by atoms with van der Waals surface area (Å²) in [7, 11) is 0. The van der Waals surface area contributed by atoms with Crippen molar-refractivity contribution in [1.82, 2.24) is 4.98 Å². The summed E-state index contributed by atoms with van der Waals surface area (Å²) in [6.45, 7) is 6.01. The van der Waals surface area contributed by atoms with Gasteiger partial charge in [-0.2, -0.15) is 0 Å². The molecule has 0 fully saturated rings. The number of hydrogen-bond acceptors (Lipinski definition) is 5. The summed E-state index contributed by atoms with van der Waals surface area (Å²) < 4.78 is 4.98. The maximum atomic E-state index is 12.7. The number of anilines is 3. The maximum absolute atomic E-state index is 12.7. The van der Waals surface area contributed by atoms with Crippen LogP contribution in [0.25, 0.3) is 0 Å². The maximum Gasteiger partial charge on any atom is 0.338 e. The van der Waals surface area contributed by atoms with Crippen LogP contribution in [0.2, 0.25) is 0 Å². The highest BCUT2D eigenvalue weighted by atomic mass is 16.5. The minimum atomic E-state index is -0.353. The molecule has 2 N–H and O–H groups in total. The van der Waals surface area contributed by atoms with E-state index in [1.54, 1.807) is 49.5 Å². The van der Waals surface area contributed by atoms with Gasteiger partial charge < -0.3 is 15.4 Å². The largest absolute Gasteiger partial charge is 0.462 e. The molecule has 2 aromatic carbocycles. The summed E-state index contributed by atoms with van der Waals surface area (Å²) >= 11 is 0. The number of rotatable bonds is 6. The van der Waals surface area contributed by atoms with Gasteiger partial charge >= 0.3 is 5.97 Å². The minimum Gasteiger partial charge on any atom is -0.462 e. The Balaban J connectivity index is 1.72. The first kappa shape index (κ1) is 20.1. The Morgan fingerprint density at radius 3 is 2.31 bits per heavy atom. The third-order valence-corrected chi connectivity index (χ3v) is 4.40. The summed E-state index contributed by atoms with van der Waals surface area (Å²) in [6, 6.07) is 16.3. The first-order valence-electron chi connectivity index (χ1n) is 9.35. The lowest BCUT2D eigenvalue weighted by molar-refractivity contribution is 0.0526. The van der Waals surface area contributed by atoms with Crippen LogP contribution >= 0.6 is 0 Å². The molecule has 1 amide bonds. The Hall–Kier alpha value is -3.67. The summed E-state index contributed by atoms with van der Waals surface area (Å²) in [5.74, 6) is -0.628. The molecule has 0 unspecified atom stereocenters. The average molecular weight is 389 g/mol. The van der Waals surface area contributed by atoms with E-state index in [4.69, 9.17) is 4.74 Å². The highest BCUT2D eigenvalue weighted by Gasteiger charge is 2.12. The zero-order valence-corrected chi connectivity index (χ0v) is 16.7. The number of esters is 1. The predicted octanol–water partition coefficient (Wildman–Crippen LogP) is 4.87. The van der Waals surface area contributed by atoms with Gasteiger partial charge in [0.1, 0.15) is 5.69 Å². The van der Waals surface area contributed by atoms with Crippen molar-refractivity contribution < 1.29 is 14.3 Å². The van der Waals surface area contributed by atoms with Gasteiger partial charge in [-0.25, -0.2) is 4.79 Å². The van der Waals surface area contributed by atoms with Crippen molar-refractivity contribution in [3.8, 4) is 0 Å². The lowest BCUT2D eigenvalue weighted by Crippen LogP contribution is -2.15. The van der Waals surface area contributed by atoms with Crippen LogP contribution in [0, 0.1) is 13.8 Å². The molecule has 6 nitrogen and oxygen atoms in total. The van der Waals surface area contributed by atoms with Crippen LogP contribution in [0.15, 0.2) is 60.8 Å². The number of hydrogen-bond donors (Lipinski definition) is 2. The number of carbonyl (C=O) groups excluding carboxylic acids is 2. The number of carbonyl (C=O) groups is 2. The van der Waals surface area contributed by atoms with E-state index in [2.05, 4.69) is 15.6 Å². The summed E-state index contributed by atoms with van der Waals surface area (Å²) in [5, 5.41) is 6.15. The van der Waals surface area contributed by atoms with Crippen LogP contribution in [0.5, 0.6) is 0 Å². The van der Waals surface area contributed by atoms with Gasteiger partial charge in [-0.05, 0) is 68.3 Å².